The van der Waals surface area contributed by atoms with Crippen LogP contribution in [0.3, 0.4) is 0 Å². The molecule has 0 spiro atoms. The number of anilines is 1. The van der Waals surface area contributed by atoms with E-state index >= 15 is 0 Å². The lowest BCUT2D eigenvalue weighted by Gasteiger charge is -2.17. The standard InChI is InChI=1S/C23H28N4O5S2/c1-34-9-8-18(23(29)30)26-21(28)12-31-22-17(25-11-15(24)13-33)7-6-16(27-22)20-10-14-4-2-3-5-19(14)32-20/h2-7,10,15,18,25,33H,8-9,11-13,24H2,1H3,(H,26,28)(H,29,30)/t15?,18-/m0/s1. The largest absolute Gasteiger partial charge is 0.480 e. The van der Waals surface area contributed by atoms with Crippen LogP contribution in [0.4, 0.5) is 5.69 Å². The van der Waals surface area contributed by atoms with Crippen LogP contribution >= 0.6 is 24.4 Å². The number of hydrogen-bond donors (Lipinski definition) is 5. The number of carbonyl (C=O) groups excluding carboxylic acids is 1. The van der Waals surface area contributed by atoms with Crippen LogP contribution in [0, 0.1) is 0 Å². The second-order valence-corrected chi connectivity index (χ2v) is 8.90. The van der Waals surface area contributed by atoms with E-state index in [1.807, 2.05) is 36.6 Å². The average molecular weight is 505 g/mol. The van der Waals surface area contributed by atoms with Crippen molar-refractivity contribution in [3.63, 3.8) is 0 Å². The summed E-state index contributed by atoms with van der Waals surface area (Å²) in [5.74, 6) is 0.187. The number of nitrogens with zero attached hydrogens (tertiary/aromatic N) is 1. The zero-order valence-electron chi connectivity index (χ0n) is 18.7. The zero-order chi connectivity index (χ0) is 24.5. The lowest BCUT2D eigenvalue weighted by molar-refractivity contribution is -0.142. The first-order valence-electron chi connectivity index (χ1n) is 10.7. The fourth-order valence-corrected chi connectivity index (χ4v) is 3.70. The summed E-state index contributed by atoms with van der Waals surface area (Å²) in [5.41, 5.74) is 7.74. The molecule has 0 fully saturated rings. The Kier molecular flexibility index (Phi) is 9.49. The number of aliphatic carboxylic acids is 1. The molecule has 0 radical (unpaired) electrons. The van der Waals surface area contributed by atoms with E-state index in [1.165, 1.54) is 11.8 Å². The third-order valence-electron chi connectivity index (χ3n) is 4.91. The molecule has 1 aromatic carbocycles. The number of pyridine rings is 1. The Labute approximate surface area is 207 Å². The number of furan rings is 1. The number of nitrogens with one attached hydrogen (secondary N) is 2. The van der Waals surface area contributed by atoms with Crippen molar-refractivity contribution in [2.45, 2.75) is 18.5 Å². The molecule has 11 heteroatoms. The monoisotopic (exact) mass is 504 g/mol. The van der Waals surface area contributed by atoms with Crippen molar-refractivity contribution in [3.8, 4) is 17.3 Å². The quantitative estimate of drug-likeness (QED) is 0.222. The molecule has 0 aliphatic heterocycles. The van der Waals surface area contributed by atoms with Crippen LogP contribution in [0.1, 0.15) is 6.42 Å². The highest BCUT2D eigenvalue weighted by Gasteiger charge is 2.20. The fraction of sp³-hybridized carbons (Fsp3) is 0.348. The van der Waals surface area contributed by atoms with E-state index in [0.29, 0.717) is 41.6 Å². The van der Waals surface area contributed by atoms with Crippen molar-refractivity contribution in [3.05, 3.63) is 42.5 Å². The number of para-hydroxylation sites is 1. The third-order valence-corrected chi connectivity index (χ3v) is 6.02. The molecule has 0 aliphatic rings. The van der Waals surface area contributed by atoms with Crippen molar-refractivity contribution >= 4 is 52.9 Å². The van der Waals surface area contributed by atoms with Gasteiger partial charge in [-0.05, 0) is 42.7 Å². The first-order valence-corrected chi connectivity index (χ1v) is 12.7. The lowest BCUT2D eigenvalue weighted by Crippen LogP contribution is -2.43. The maximum Gasteiger partial charge on any atom is 0.326 e. The van der Waals surface area contributed by atoms with Gasteiger partial charge in [0, 0.05) is 23.7 Å². The Morgan fingerprint density at radius 3 is 2.79 bits per heavy atom. The Morgan fingerprint density at radius 2 is 2.09 bits per heavy atom. The molecule has 2 aromatic heterocycles. The second kappa shape index (κ2) is 12.5. The van der Waals surface area contributed by atoms with Gasteiger partial charge in [0.1, 0.15) is 17.3 Å². The molecule has 2 heterocycles. The highest BCUT2D eigenvalue weighted by atomic mass is 32.2. The number of fused-ring (bicyclic) bond motifs is 1. The van der Waals surface area contributed by atoms with Gasteiger partial charge in [-0.15, -0.1) is 0 Å². The van der Waals surface area contributed by atoms with Crippen molar-refractivity contribution in [2.75, 3.05) is 36.2 Å². The number of hydrogen-bond acceptors (Lipinski definition) is 9. The Bertz CT molecular complexity index is 1090. The summed E-state index contributed by atoms with van der Waals surface area (Å²) in [7, 11) is 0. The molecule has 0 bridgehead atoms. The third kappa shape index (κ3) is 7.05. The first-order chi connectivity index (χ1) is 16.4. The molecule has 3 aromatic rings. The number of carbonyl (C=O) groups is 2. The number of aromatic nitrogens is 1. The number of nitrogens with two attached hydrogens (primary N) is 1. The number of thiol groups is 1. The predicted molar refractivity (Wildman–Crippen MR) is 138 cm³/mol. The molecule has 0 aliphatic carbocycles. The van der Waals surface area contributed by atoms with Gasteiger partial charge in [0.2, 0.25) is 5.88 Å². The van der Waals surface area contributed by atoms with Crippen LogP contribution in [0.5, 0.6) is 5.88 Å². The number of rotatable bonds is 13. The number of benzene rings is 1. The van der Waals surface area contributed by atoms with Gasteiger partial charge in [-0.2, -0.15) is 24.4 Å². The Hall–Kier alpha value is -2.89. The molecule has 182 valence electrons. The van der Waals surface area contributed by atoms with Gasteiger partial charge in [0.25, 0.3) is 5.91 Å². The molecule has 3 rings (SSSR count). The Morgan fingerprint density at radius 1 is 1.29 bits per heavy atom. The van der Waals surface area contributed by atoms with Gasteiger partial charge in [0.15, 0.2) is 12.4 Å². The van der Waals surface area contributed by atoms with Crippen LogP contribution in [0.25, 0.3) is 22.4 Å². The van der Waals surface area contributed by atoms with E-state index in [1.54, 1.807) is 12.1 Å². The van der Waals surface area contributed by atoms with Crippen LogP contribution in [-0.2, 0) is 9.59 Å². The van der Waals surface area contributed by atoms with E-state index in [2.05, 4.69) is 28.2 Å². The van der Waals surface area contributed by atoms with Crippen LogP contribution < -0.4 is 21.1 Å². The van der Waals surface area contributed by atoms with E-state index in [4.69, 9.17) is 14.9 Å². The normalized spacial score (nSPS) is 12.8. The van der Waals surface area contributed by atoms with E-state index in [-0.39, 0.29) is 11.9 Å². The highest BCUT2D eigenvalue weighted by molar-refractivity contribution is 7.98. The summed E-state index contributed by atoms with van der Waals surface area (Å²) in [6, 6.07) is 11.9. The summed E-state index contributed by atoms with van der Waals surface area (Å²) in [4.78, 5) is 28.3. The molecular weight excluding hydrogens is 476 g/mol. The highest BCUT2D eigenvalue weighted by Crippen LogP contribution is 2.31. The number of thioether (sulfide) groups is 1. The van der Waals surface area contributed by atoms with Gasteiger partial charge < -0.3 is 30.6 Å². The molecule has 2 atom stereocenters. The number of amides is 1. The summed E-state index contributed by atoms with van der Waals surface area (Å²) in [6.07, 6.45) is 2.19. The van der Waals surface area contributed by atoms with E-state index in [0.717, 1.165) is 11.0 Å². The molecule has 0 saturated carbocycles. The van der Waals surface area contributed by atoms with Crippen LogP contribution in [-0.4, -0.2) is 65.0 Å². The molecule has 1 amide bonds. The predicted octanol–water partition coefficient (Wildman–Crippen LogP) is 2.87. The minimum Gasteiger partial charge on any atom is -0.480 e. The van der Waals surface area contributed by atoms with Gasteiger partial charge in [0.05, 0.1) is 5.69 Å². The molecule has 0 saturated heterocycles. The summed E-state index contributed by atoms with van der Waals surface area (Å²) < 4.78 is 11.6. The van der Waals surface area contributed by atoms with E-state index < -0.39 is 24.5 Å². The van der Waals surface area contributed by atoms with Gasteiger partial charge in [-0.1, -0.05) is 18.2 Å². The topological polar surface area (TPSA) is 140 Å². The Balaban J connectivity index is 1.78. The van der Waals surface area contributed by atoms with Gasteiger partial charge >= 0.3 is 5.97 Å². The maximum atomic E-state index is 12.4. The van der Waals surface area contributed by atoms with Crippen LogP contribution in [0.15, 0.2) is 46.9 Å². The number of ether oxygens (including phenoxy) is 1. The molecule has 34 heavy (non-hydrogen) atoms. The molecule has 5 N–H and O–H groups in total. The lowest BCUT2D eigenvalue weighted by atomic mass is 10.2. The molecule has 1 unspecified atom stereocenters. The average Bonchev–Trinajstić information content (AvgIpc) is 3.28. The molecule has 9 nitrogen and oxygen atoms in total. The maximum absolute atomic E-state index is 12.4. The van der Waals surface area contributed by atoms with Crippen molar-refractivity contribution in [2.24, 2.45) is 5.73 Å². The van der Waals surface area contributed by atoms with Gasteiger partial charge in [-0.3, -0.25) is 4.79 Å². The minimum absolute atomic E-state index is 0.176. The van der Waals surface area contributed by atoms with Gasteiger partial charge in [-0.25, -0.2) is 9.78 Å². The summed E-state index contributed by atoms with van der Waals surface area (Å²) in [6.45, 7) is 0.0282. The fourth-order valence-electron chi connectivity index (χ4n) is 3.10. The SMILES string of the molecule is CSCC[C@H](NC(=O)COc1nc(-c2cc3ccccc3o2)ccc1NCC(N)CS)C(=O)O. The van der Waals surface area contributed by atoms with Crippen molar-refractivity contribution < 1.29 is 23.8 Å². The number of carboxylic acid groups (broad SMARTS) is 1. The van der Waals surface area contributed by atoms with Crippen molar-refractivity contribution in [1.29, 1.82) is 0 Å². The zero-order valence-corrected chi connectivity index (χ0v) is 20.4. The summed E-state index contributed by atoms with van der Waals surface area (Å²) >= 11 is 5.70. The second-order valence-electron chi connectivity index (χ2n) is 7.55. The summed E-state index contributed by atoms with van der Waals surface area (Å²) in [5, 5.41) is 15.9. The van der Waals surface area contributed by atoms with E-state index in [9.17, 15) is 14.7 Å². The first kappa shape index (κ1) is 25.7. The molecular formula is C23H28N4O5S2. The van der Waals surface area contributed by atoms with Crippen LogP contribution in [0.2, 0.25) is 0 Å². The number of carboxylic acids is 1. The minimum atomic E-state index is -1.09. The van der Waals surface area contributed by atoms with Crippen molar-refractivity contribution in [1.82, 2.24) is 10.3 Å². The smallest absolute Gasteiger partial charge is 0.326 e.